The Bertz CT molecular complexity index is 688. The molecule has 2 aromatic rings. The number of aromatic nitrogens is 1. The third kappa shape index (κ3) is 3.70. The minimum atomic E-state index is -0.163. The molecule has 4 nitrogen and oxygen atoms in total. The molecule has 23 heavy (non-hydrogen) atoms. The number of anilines is 2. The summed E-state index contributed by atoms with van der Waals surface area (Å²) >= 11 is 0. The summed E-state index contributed by atoms with van der Waals surface area (Å²) in [5.41, 5.74) is 4.57. The maximum Gasteiger partial charge on any atom is 0.274 e. The van der Waals surface area contributed by atoms with E-state index in [1.54, 1.807) is 0 Å². The molecule has 0 saturated carbocycles. The van der Waals surface area contributed by atoms with Crippen LogP contribution in [0.4, 0.5) is 11.4 Å². The highest BCUT2D eigenvalue weighted by molar-refractivity contribution is 6.03. The van der Waals surface area contributed by atoms with Crippen molar-refractivity contribution < 1.29 is 4.79 Å². The van der Waals surface area contributed by atoms with Gasteiger partial charge in [-0.25, -0.2) is 4.98 Å². The quantitative estimate of drug-likeness (QED) is 0.934. The fourth-order valence-electron chi connectivity index (χ4n) is 2.92. The van der Waals surface area contributed by atoms with Crippen molar-refractivity contribution >= 4 is 17.3 Å². The Labute approximate surface area is 137 Å². The van der Waals surface area contributed by atoms with E-state index in [1.807, 2.05) is 50.4 Å². The van der Waals surface area contributed by atoms with Gasteiger partial charge in [0, 0.05) is 18.8 Å². The van der Waals surface area contributed by atoms with E-state index in [9.17, 15) is 4.79 Å². The first kappa shape index (κ1) is 15.5. The molecule has 1 amide bonds. The van der Waals surface area contributed by atoms with Crippen molar-refractivity contribution in [2.45, 2.75) is 33.1 Å². The van der Waals surface area contributed by atoms with Gasteiger partial charge in [0.15, 0.2) is 0 Å². The average Bonchev–Trinajstić information content (AvgIpc) is 2.59. The van der Waals surface area contributed by atoms with E-state index in [2.05, 4.69) is 15.2 Å². The van der Waals surface area contributed by atoms with Crippen molar-refractivity contribution in [3.05, 3.63) is 53.3 Å². The van der Waals surface area contributed by atoms with Crippen LogP contribution in [0.25, 0.3) is 0 Å². The van der Waals surface area contributed by atoms with E-state index in [4.69, 9.17) is 0 Å². The van der Waals surface area contributed by atoms with E-state index >= 15 is 0 Å². The van der Waals surface area contributed by atoms with Gasteiger partial charge in [0.25, 0.3) is 5.91 Å². The number of nitrogens with one attached hydrogen (secondary N) is 1. The zero-order chi connectivity index (χ0) is 16.2. The van der Waals surface area contributed by atoms with Crippen molar-refractivity contribution in [1.82, 2.24) is 4.98 Å². The molecule has 0 unspecified atom stereocenters. The van der Waals surface area contributed by atoms with Gasteiger partial charge in [0.05, 0.1) is 11.9 Å². The molecule has 0 spiro atoms. The van der Waals surface area contributed by atoms with Gasteiger partial charge in [-0.3, -0.25) is 4.79 Å². The van der Waals surface area contributed by atoms with Crippen molar-refractivity contribution in [2.24, 2.45) is 0 Å². The predicted octanol–water partition coefficient (Wildman–Crippen LogP) is 3.94. The van der Waals surface area contributed by atoms with Crippen molar-refractivity contribution in [1.29, 1.82) is 0 Å². The molecular weight excluding hydrogens is 286 g/mol. The number of nitrogens with zero attached hydrogens (tertiary/aromatic N) is 2. The normalized spacial score (nSPS) is 14.6. The second-order valence-corrected chi connectivity index (χ2v) is 6.22. The summed E-state index contributed by atoms with van der Waals surface area (Å²) in [6.45, 7) is 6.16. The first-order valence-corrected chi connectivity index (χ1v) is 8.23. The molecule has 2 heterocycles. The Morgan fingerprint density at radius 3 is 2.57 bits per heavy atom. The van der Waals surface area contributed by atoms with E-state index in [0.717, 1.165) is 35.6 Å². The lowest BCUT2D eigenvalue weighted by molar-refractivity contribution is 0.102. The maximum atomic E-state index is 12.4. The first-order chi connectivity index (χ1) is 11.1. The molecule has 1 fully saturated rings. The van der Waals surface area contributed by atoms with Crippen molar-refractivity contribution in [3.8, 4) is 0 Å². The Morgan fingerprint density at radius 2 is 1.87 bits per heavy atom. The van der Waals surface area contributed by atoms with Crippen LogP contribution in [0.1, 0.15) is 40.9 Å². The van der Waals surface area contributed by atoms with Gasteiger partial charge < -0.3 is 10.2 Å². The Hall–Kier alpha value is -2.36. The Kier molecular flexibility index (Phi) is 4.60. The molecule has 1 aliphatic rings. The van der Waals surface area contributed by atoms with Crippen LogP contribution in [0.2, 0.25) is 0 Å². The molecule has 0 aliphatic carbocycles. The number of carbonyl (C=O) groups is 1. The first-order valence-electron chi connectivity index (χ1n) is 8.23. The van der Waals surface area contributed by atoms with E-state index in [-0.39, 0.29) is 5.91 Å². The maximum absolute atomic E-state index is 12.4. The van der Waals surface area contributed by atoms with Crippen LogP contribution in [-0.2, 0) is 0 Å². The molecule has 0 atom stereocenters. The smallest absolute Gasteiger partial charge is 0.274 e. The highest BCUT2D eigenvalue weighted by Crippen LogP contribution is 2.20. The fourth-order valence-corrected chi connectivity index (χ4v) is 2.92. The van der Waals surface area contributed by atoms with Crippen LogP contribution >= 0.6 is 0 Å². The van der Waals surface area contributed by atoms with Crippen LogP contribution in [0.3, 0.4) is 0 Å². The lowest BCUT2D eigenvalue weighted by Gasteiger charge is -2.28. The molecule has 1 aliphatic heterocycles. The number of aryl methyl sites for hydroxylation is 2. The number of hydrogen-bond acceptors (Lipinski definition) is 3. The van der Waals surface area contributed by atoms with E-state index in [0.29, 0.717) is 5.69 Å². The molecule has 1 aromatic heterocycles. The van der Waals surface area contributed by atoms with Gasteiger partial charge in [0.2, 0.25) is 0 Å². The summed E-state index contributed by atoms with van der Waals surface area (Å²) in [4.78, 5) is 19.1. The number of carbonyl (C=O) groups excluding carboxylic acids is 1. The average molecular weight is 309 g/mol. The second-order valence-electron chi connectivity index (χ2n) is 6.22. The number of amides is 1. The summed E-state index contributed by atoms with van der Waals surface area (Å²) in [5, 5.41) is 2.95. The third-order valence-corrected chi connectivity index (χ3v) is 4.34. The third-order valence-electron chi connectivity index (χ3n) is 4.34. The Balaban J connectivity index is 1.71. The number of rotatable bonds is 3. The summed E-state index contributed by atoms with van der Waals surface area (Å²) in [5.74, 6) is -0.163. The highest BCUT2D eigenvalue weighted by atomic mass is 16.1. The van der Waals surface area contributed by atoms with Gasteiger partial charge in [-0.15, -0.1) is 0 Å². The molecular formula is C19H23N3O. The number of hydrogen-bond donors (Lipinski definition) is 1. The topological polar surface area (TPSA) is 45.2 Å². The summed E-state index contributed by atoms with van der Waals surface area (Å²) < 4.78 is 0. The largest absolute Gasteiger partial charge is 0.370 e. The molecule has 0 radical (unpaired) electrons. The summed E-state index contributed by atoms with van der Waals surface area (Å²) in [6.07, 6.45) is 5.58. The lowest BCUT2D eigenvalue weighted by atomic mass is 10.1. The second kappa shape index (κ2) is 6.82. The lowest BCUT2D eigenvalue weighted by Crippen LogP contribution is -2.29. The van der Waals surface area contributed by atoms with E-state index in [1.165, 1.54) is 19.3 Å². The van der Waals surface area contributed by atoms with Crippen LogP contribution in [0, 0.1) is 13.8 Å². The summed E-state index contributed by atoms with van der Waals surface area (Å²) in [6, 6.07) is 9.84. The molecule has 1 saturated heterocycles. The van der Waals surface area contributed by atoms with Gasteiger partial charge in [-0.2, -0.15) is 0 Å². The molecule has 4 heteroatoms. The van der Waals surface area contributed by atoms with Gasteiger partial charge >= 0.3 is 0 Å². The minimum absolute atomic E-state index is 0.163. The van der Waals surface area contributed by atoms with Gasteiger partial charge in [-0.1, -0.05) is 12.1 Å². The highest BCUT2D eigenvalue weighted by Gasteiger charge is 2.13. The summed E-state index contributed by atoms with van der Waals surface area (Å²) in [7, 11) is 0. The van der Waals surface area contributed by atoms with Crippen LogP contribution in [0.5, 0.6) is 0 Å². The molecule has 3 rings (SSSR count). The molecule has 1 aromatic carbocycles. The van der Waals surface area contributed by atoms with Crippen molar-refractivity contribution in [2.75, 3.05) is 23.3 Å². The van der Waals surface area contributed by atoms with Crippen LogP contribution < -0.4 is 10.2 Å². The predicted molar refractivity (Wildman–Crippen MR) is 94.2 cm³/mol. The van der Waals surface area contributed by atoms with Gasteiger partial charge in [0.1, 0.15) is 5.69 Å². The minimum Gasteiger partial charge on any atom is -0.370 e. The standard InChI is InChI=1S/C19H23N3O/c1-14-6-7-15(2)18(12-14)21-19(23)17-9-8-16(13-20-17)22-10-4-3-5-11-22/h6-9,12-13H,3-5,10-11H2,1-2H3,(H,21,23). The zero-order valence-corrected chi connectivity index (χ0v) is 13.8. The number of benzene rings is 1. The van der Waals surface area contributed by atoms with Crippen LogP contribution in [0.15, 0.2) is 36.5 Å². The van der Waals surface area contributed by atoms with Gasteiger partial charge in [-0.05, 0) is 62.4 Å². The van der Waals surface area contributed by atoms with Crippen molar-refractivity contribution in [3.63, 3.8) is 0 Å². The molecule has 120 valence electrons. The van der Waals surface area contributed by atoms with E-state index < -0.39 is 0 Å². The molecule has 0 bridgehead atoms. The Morgan fingerprint density at radius 1 is 1.09 bits per heavy atom. The fraction of sp³-hybridized carbons (Fsp3) is 0.368. The SMILES string of the molecule is Cc1ccc(C)c(NC(=O)c2ccc(N3CCCCC3)cn2)c1. The van der Waals surface area contributed by atoms with Crippen LogP contribution in [-0.4, -0.2) is 24.0 Å². The number of pyridine rings is 1. The number of piperidine rings is 1. The zero-order valence-electron chi connectivity index (χ0n) is 13.8. The molecule has 1 N–H and O–H groups in total. The monoisotopic (exact) mass is 309 g/mol.